The highest BCUT2D eigenvalue weighted by molar-refractivity contribution is 6.30. The van der Waals surface area contributed by atoms with Gasteiger partial charge in [-0.25, -0.2) is 0 Å². The first-order valence-electron chi connectivity index (χ1n) is 10.3. The average molecular weight is 441 g/mol. The summed E-state index contributed by atoms with van der Waals surface area (Å²) < 4.78 is 5.48. The first-order chi connectivity index (χ1) is 15.1. The molecule has 2 aromatic carbocycles. The summed E-state index contributed by atoms with van der Waals surface area (Å²) >= 11 is 5.95. The maximum absolute atomic E-state index is 13.2. The number of anilines is 1. The van der Waals surface area contributed by atoms with Gasteiger partial charge in [-0.3, -0.25) is 4.79 Å². The number of benzene rings is 2. The molecule has 9 heteroatoms. The van der Waals surface area contributed by atoms with Crippen LogP contribution in [0.5, 0.6) is 5.75 Å². The molecule has 0 N–H and O–H groups in total. The Morgan fingerprint density at radius 3 is 2.48 bits per heavy atom. The van der Waals surface area contributed by atoms with Crippen LogP contribution in [0.15, 0.2) is 48.5 Å². The van der Waals surface area contributed by atoms with Crippen molar-refractivity contribution in [2.45, 2.75) is 19.4 Å². The molecule has 0 saturated carbocycles. The Hall–Kier alpha value is -3.13. The normalized spacial score (nSPS) is 15.1. The molecule has 8 nitrogen and oxygen atoms in total. The van der Waals surface area contributed by atoms with Crippen LogP contribution >= 0.6 is 11.6 Å². The second-order valence-corrected chi connectivity index (χ2v) is 7.78. The van der Waals surface area contributed by atoms with Gasteiger partial charge in [-0.2, -0.15) is 4.80 Å². The monoisotopic (exact) mass is 440 g/mol. The number of hydrogen-bond donors (Lipinski definition) is 0. The van der Waals surface area contributed by atoms with Crippen molar-refractivity contribution in [2.24, 2.45) is 0 Å². The Bertz CT molecular complexity index is 1030. The molecular formula is C22H25ClN6O2. The third-order valence-electron chi connectivity index (χ3n) is 5.50. The molecule has 1 aliphatic rings. The lowest BCUT2D eigenvalue weighted by molar-refractivity contribution is -0.135. The van der Waals surface area contributed by atoms with Crippen LogP contribution in [-0.4, -0.2) is 64.3 Å². The summed E-state index contributed by atoms with van der Waals surface area (Å²) in [6.45, 7) is 4.70. The molecule has 4 rings (SSSR count). The zero-order valence-electron chi connectivity index (χ0n) is 17.6. The topological polar surface area (TPSA) is 76.4 Å². The van der Waals surface area contributed by atoms with Crippen LogP contribution in [0.3, 0.4) is 0 Å². The number of methoxy groups -OCH3 is 1. The maximum Gasteiger partial charge on any atom is 0.249 e. The SMILES string of the molecule is CC[C@H](C(=O)N1CCN(c2ccccc2OC)CC1)n1nnc(-c2ccc(Cl)cc2)n1. The molecule has 2 heterocycles. The number of aromatic nitrogens is 4. The highest BCUT2D eigenvalue weighted by atomic mass is 35.5. The molecular weight excluding hydrogens is 416 g/mol. The number of amides is 1. The van der Waals surface area contributed by atoms with Crippen molar-refractivity contribution in [3.05, 3.63) is 53.6 Å². The van der Waals surface area contributed by atoms with E-state index in [4.69, 9.17) is 16.3 Å². The molecule has 1 saturated heterocycles. The minimum atomic E-state index is -0.480. The van der Waals surface area contributed by atoms with Crippen LogP contribution in [0.25, 0.3) is 11.4 Å². The van der Waals surface area contributed by atoms with Gasteiger partial charge in [-0.1, -0.05) is 30.7 Å². The van der Waals surface area contributed by atoms with Gasteiger partial charge in [-0.15, -0.1) is 10.2 Å². The van der Waals surface area contributed by atoms with E-state index in [9.17, 15) is 4.79 Å². The number of piperazine rings is 1. The first kappa shape index (κ1) is 21.1. The second-order valence-electron chi connectivity index (χ2n) is 7.35. The number of nitrogens with zero attached hydrogens (tertiary/aromatic N) is 6. The van der Waals surface area contributed by atoms with E-state index in [0.29, 0.717) is 30.4 Å². The van der Waals surface area contributed by atoms with Crippen molar-refractivity contribution in [3.63, 3.8) is 0 Å². The number of carbonyl (C=O) groups is 1. The van der Waals surface area contributed by atoms with Crippen LogP contribution in [0, 0.1) is 0 Å². The molecule has 1 atom stereocenters. The van der Waals surface area contributed by atoms with Crippen molar-refractivity contribution in [1.29, 1.82) is 0 Å². The lowest BCUT2D eigenvalue weighted by Gasteiger charge is -2.37. The molecule has 162 valence electrons. The molecule has 0 aliphatic carbocycles. The van der Waals surface area contributed by atoms with Gasteiger partial charge in [0.15, 0.2) is 6.04 Å². The molecule has 0 bridgehead atoms. The van der Waals surface area contributed by atoms with E-state index in [-0.39, 0.29) is 5.91 Å². The summed E-state index contributed by atoms with van der Waals surface area (Å²) in [5.41, 5.74) is 1.86. The number of ether oxygens (including phenoxy) is 1. The van der Waals surface area contributed by atoms with Crippen LogP contribution in [0.1, 0.15) is 19.4 Å². The number of tetrazole rings is 1. The van der Waals surface area contributed by atoms with E-state index >= 15 is 0 Å². The molecule has 1 aliphatic heterocycles. The fourth-order valence-electron chi connectivity index (χ4n) is 3.78. The highest BCUT2D eigenvalue weighted by Gasteiger charge is 2.30. The summed E-state index contributed by atoms with van der Waals surface area (Å²) in [7, 11) is 1.67. The van der Waals surface area contributed by atoms with Gasteiger partial charge in [0.1, 0.15) is 5.75 Å². The summed E-state index contributed by atoms with van der Waals surface area (Å²) in [6.07, 6.45) is 0.585. The Labute approximate surface area is 186 Å². The predicted molar refractivity (Wildman–Crippen MR) is 119 cm³/mol. The predicted octanol–water partition coefficient (Wildman–Crippen LogP) is 3.30. The summed E-state index contributed by atoms with van der Waals surface area (Å²) in [5.74, 6) is 1.33. The number of para-hydroxylation sites is 2. The smallest absolute Gasteiger partial charge is 0.249 e. The maximum atomic E-state index is 13.2. The molecule has 1 amide bonds. The van der Waals surface area contributed by atoms with Crippen molar-refractivity contribution in [3.8, 4) is 17.1 Å². The van der Waals surface area contributed by atoms with E-state index in [1.54, 1.807) is 19.2 Å². The molecule has 31 heavy (non-hydrogen) atoms. The van der Waals surface area contributed by atoms with Crippen LogP contribution in [0.4, 0.5) is 5.69 Å². The Balaban J connectivity index is 1.43. The molecule has 1 fully saturated rings. The van der Waals surface area contributed by atoms with Gasteiger partial charge in [0.05, 0.1) is 12.8 Å². The van der Waals surface area contributed by atoms with Crippen molar-refractivity contribution in [2.75, 3.05) is 38.2 Å². The standard InChI is InChI=1S/C22H25ClN6O2/c1-3-18(29-25-21(24-26-29)16-8-10-17(23)11-9-16)22(30)28-14-12-27(13-15-28)19-6-4-5-7-20(19)31-2/h4-11,18H,3,12-15H2,1-2H3/t18-/m1/s1. The van der Waals surface area contributed by atoms with Gasteiger partial charge in [0, 0.05) is 36.8 Å². The summed E-state index contributed by atoms with van der Waals surface area (Å²) in [5, 5.41) is 13.4. The van der Waals surface area contributed by atoms with E-state index in [0.717, 1.165) is 30.1 Å². The fourth-order valence-corrected chi connectivity index (χ4v) is 3.90. The Kier molecular flexibility index (Phi) is 6.36. The van der Waals surface area contributed by atoms with Crippen LogP contribution in [0.2, 0.25) is 5.02 Å². The first-order valence-corrected chi connectivity index (χ1v) is 10.7. The van der Waals surface area contributed by atoms with Gasteiger partial charge in [-0.05, 0) is 48.0 Å². The number of hydrogen-bond acceptors (Lipinski definition) is 6. The van der Waals surface area contributed by atoms with Gasteiger partial charge in [0.25, 0.3) is 0 Å². The Morgan fingerprint density at radius 1 is 1.10 bits per heavy atom. The van der Waals surface area contributed by atoms with Crippen LogP contribution in [-0.2, 0) is 4.79 Å². The lowest BCUT2D eigenvalue weighted by atomic mass is 10.1. The van der Waals surface area contributed by atoms with E-state index in [2.05, 4.69) is 20.3 Å². The van der Waals surface area contributed by atoms with E-state index in [1.807, 2.05) is 48.2 Å². The second kappa shape index (κ2) is 9.34. The van der Waals surface area contributed by atoms with Gasteiger partial charge < -0.3 is 14.5 Å². The van der Waals surface area contributed by atoms with Crippen molar-refractivity contribution >= 4 is 23.2 Å². The molecule has 1 aromatic heterocycles. The molecule has 0 unspecified atom stereocenters. The van der Waals surface area contributed by atoms with Crippen molar-refractivity contribution in [1.82, 2.24) is 25.1 Å². The third kappa shape index (κ3) is 4.49. The molecule has 0 radical (unpaired) electrons. The Morgan fingerprint density at radius 2 is 1.81 bits per heavy atom. The third-order valence-corrected chi connectivity index (χ3v) is 5.75. The summed E-state index contributed by atoms with van der Waals surface area (Å²) in [6, 6.07) is 14.7. The van der Waals surface area contributed by atoms with Gasteiger partial charge in [0.2, 0.25) is 11.7 Å². The minimum absolute atomic E-state index is 0.0160. The summed E-state index contributed by atoms with van der Waals surface area (Å²) in [4.78, 5) is 18.8. The number of halogens is 1. The lowest BCUT2D eigenvalue weighted by Crippen LogP contribution is -2.50. The number of rotatable bonds is 6. The molecule has 0 spiro atoms. The average Bonchev–Trinajstić information content (AvgIpc) is 3.30. The van der Waals surface area contributed by atoms with E-state index < -0.39 is 6.04 Å². The zero-order chi connectivity index (χ0) is 21.8. The van der Waals surface area contributed by atoms with Crippen molar-refractivity contribution < 1.29 is 9.53 Å². The minimum Gasteiger partial charge on any atom is -0.495 e. The fraction of sp³-hybridized carbons (Fsp3) is 0.364. The highest BCUT2D eigenvalue weighted by Crippen LogP contribution is 2.29. The van der Waals surface area contributed by atoms with Crippen LogP contribution < -0.4 is 9.64 Å². The zero-order valence-corrected chi connectivity index (χ0v) is 18.4. The quantitative estimate of drug-likeness (QED) is 0.585. The van der Waals surface area contributed by atoms with Gasteiger partial charge >= 0.3 is 0 Å². The molecule has 3 aromatic rings. The van der Waals surface area contributed by atoms with E-state index in [1.165, 1.54) is 4.80 Å². The largest absolute Gasteiger partial charge is 0.495 e. The number of carbonyl (C=O) groups excluding carboxylic acids is 1.